The first-order chi connectivity index (χ1) is 8.81. The van der Waals surface area contributed by atoms with Crippen LogP contribution in [-0.2, 0) is 6.54 Å². The third-order valence-electron chi connectivity index (χ3n) is 2.65. The van der Waals surface area contributed by atoms with E-state index in [2.05, 4.69) is 17.3 Å². The number of methoxy groups -OCH3 is 1. The number of nitrogens with one attached hydrogen (secondary N) is 1. The lowest BCUT2D eigenvalue weighted by Gasteiger charge is -2.09. The molecule has 1 aromatic carbocycles. The molecule has 0 heterocycles. The van der Waals surface area contributed by atoms with Gasteiger partial charge < -0.3 is 10.1 Å². The molecule has 0 saturated carbocycles. The van der Waals surface area contributed by atoms with Crippen LogP contribution in [0, 0.1) is 23.7 Å². The summed E-state index contributed by atoms with van der Waals surface area (Å²) in [6.07, 6.45) is 8.12. The van der Waals surface area contributed by atoms with E-state index in [1.165, 1.54) is 0 Å². The van der Waals surface area contributed by atoms with Gasteiger partial charge in [-0.25, -0.2) is 0 Å². The molecule has 0 aliphatic heterocycles. The SMILES string of the molecule is C#CCCCCNCc1cc(C#N)ccc1OC. The van der Waals surface area contributed by atoms with Crippen LogP contribution in [0.25, 0.3) is 0 Å². The van der Waals surface area contributed by atoms with Crippen molar-refractivity contribution in [2.45, 2.75) is 25.8 Å². The second kappa shape index (κ2) is 8.17. The summed E-state index contributed by atoms with van der Waals surface area (Å²) in [5.41, 5.74) is 1.66. The highest BCUT2D eigenvalue weighted by atomic mass is 16.5. The average molecular weight is 242 g/mol. The summed E-state index contributed by atoms with van der Waals surface area (Å²) in [7, 11) is 1.64. The van der Waals surface area contributed by atoms with E-state index in [-0.39, 0.29) is 0 Å². The fraction of sp³-hybridized carbons (Fsp3) is 0.400. The molecule has 0 fully saturated rings. The molecule has 0 saturated heterocycles. The molecule has 0 bridgehead atoms. The van der Waals surface area contributed by atoms with E-state index in [1.807, 2.05) is 12.1 Å². The summed E-state index contributed by atoms with van der Waals surface area (Å²) in [6, 6.07) is 7.57. The number of hydrogen-bond acceptors (Lipinski definition) is 3. The van der Waals surface area contributed by atoms with E-state index in [0.29, 0.717) is 12.1 Å². The fourth-order valence-corrected chi connectivity index (χ4v) is 1.69. The van der Waals surface area contributed by atoms with Gasteiger partial charge in [0.05, 0.1) is 18.7 Å². The van der Waals surface area contributed by atoms with Gasteiger partial charge in [-0.1, -0.05) is 0 Å². The van der Waals surface area contributed by atoms with Gasteiger partial charge >= 0.3 is 0 Å². The van der Waals surface area contributed by atoms with Gasteiger partial charge in [0.15, 0.2) is 0 Å². The molecule has 94 valence electrons. The highest BCUT2D eigenvalue weighted by Gasteiger charge is 2.03. The van der Waals surface area contributed by atoms with Gasteiger partial charge in [0, 0.05) is 18.5 Å². The molecule has 1 rings (SSSR count). The summed E-state index contributed by atoms with van der Waals surface area (Å²) >= 11 is 0. The zero-order valence-corrected chi connectivity index (χ0v) is 10.7. The smallest absolute Gasteiger partial charge is 0.123 e. The first kappa shape index (κ1) is 14.1. The maximum absolute atomic E-state index is 8.86. The van der Waals surface area contributed by atoms with Crippen LogP contribution >= 0.6 is 0 Å². The Morgan fingerprint density at radius 3 is 2.89 bits per heavy atom. The Kier molecular flexibility index (Phi) is 6.40. The van der Waals surface area contributed by atoms with E-state index >= 15 is 0 Å². The molecule has 1 N–H and O–H groups in total. The van der Waals surface area contributed by atoms with Crippen LogP contribution in [-0.4, -0.2) is 13.7 Å². The van der Waals surface area contributed by atoms with Crippen LogP contribution in [0.4, 0.5) is 0 Å². The number of benzene rings is 1. The molecule has 1 aromatic rings. The minimum atomic E-state index is 0.653. The predicted octanol–water partition coefficient (Wildman–Crippen LogP) is 2.46. The second-order valence-corrected chi connectivity index (χ2v) is 3.98. The van der Waals surface area contributed by atoms with Crippen molar-refractivity contribution >= 4 is 0 Å². The number of nitriles is 1. The number of ether oxygens (including phenoxy) is 1. The Hall–Kier alpha value is -1.97. The van der Waals surface area contributed by atoms with Crippen molar-refractivity contribution in [3.05, 3.63) is 29.3 Å². The van der Waals surface area contributed by atoms with Crippen LogP contribution < -0.4 is 10.1 Å². The lowest BCUT2D eigenvalue weighted by molar-refractivity contribution is 0.407. The van der Waals surface area contributed by atoms with Gasteiger partial charge in [0.2, 0.25) is 0 Å². The fourth-order valence-electron chi connectivity index (χ4n) is 1.69. The van der Waals surface area contributed by atoms with Crippen molar-refractivity contribution in [3.63, 3.8) is 0 Å². The molecule has 0 aliphatic rings. The summed E-state index contributed by atoms with van der Waals surface area (Å²) in [5, 5.41) is 12.2. The monoisotopic (exact) mass is 242 g/mol. The lowest BCUT2D eigenvalue weighted by atomic mass is 10.1. The van der Waals surface area contributed by atoms with E-state index < -0.39 is 0 Å². The summed E-state index contributed by atoms with van der Waals surface area (Å²) in [5.74, 6) is 3.44. The highest BCUT2D eigenvalue weighted by molar-refractivity contribution is 5.41. The lowest BCUT2D eigenvalue weighted by Crippen LogP contribution is -2.15. The Balaban J connectivity index is 2.46. The Labute approximate surface area is 109 Å². The maximum atomic E-state index is 8.86. The van der Waals surface area contributed by atoms with Crippen LogP contribution in [0.1, 0.15) is 30.4 Å². The van der Waals surface area contributed by atoms with Crippen molar-refractivity contribution in [2.75, 3.05) is 13.7 Å². The molecule has 0 radical (unpaired) electrons. The summed E-state index contributed by atoms with van der Waals surface area (Å²) in [4.78, 5) is 0. The number of terminal acetylenes is 1. The van der Waals surface area contributed by atoms with Crippen molar-refractivity contribution in [3.8, 4) is 24.2 Å². The van der Waals surface area contributed by atoms with Crippen LogP contribution in [0.3, 0.4) is 0 Å². The number of rotatable bonds is 7. The molecule has 0 spiro atoms. The van der Waals surface area contributed by atoms with E-state index in [9.17, 15) is 0 Å². The largest absolute Gasteiger partial charge is 0.496 e. The maximum Gasteiger partial charge on any atom is 0.123 e. The molecule has 3 nitrogen and oxygen atoms in total. The Morgan fingerprint density at radius 2 is 2.22 bits per heavy atom. The van der Waals surface area contributed by atoms with E-state index in [1.54, 1.807) is 13.2 Å². The molecular weight excluding hydrogens is 224 g/mol. The van der Waals surface area contributed by atoms with Crippen molar-refractivity contribution in [2.24, 2.45) is 0 Å². The normalized spacial score (nSPS) is 9.50. The number of nitrogens with zero attached hydrogens (tertiary/aromatic N) is 1. The molecule has 3 heteroatoms. The van der Waals surface area contributed by atoms with E-state index in [0.717, 1.165) is 37.1 Å². The minimum Gasteiger partial charge on any atom is -0.496 e. The average Bonchev–Trinajstić information content (AvgIpc) is 2.42. The standard InChI is InChI=1S/C15H18N2O/c1-3-4-5-6-9-17-12-14-10-13(11-16)7-8-15(14)18-2/h1,7-8,10,17H,4-6,9,12H2,2H3. The molecule has 18 heavy (non-hydrogen) atoms. The number of unbranched alkanes of at least 4 members (excludes halogenated alkanes) is 2. The Bertz CT molecular complexity index is 455. The quantitative estimate of drug-likeness (QED) is 0.590. The van der Waals surface area contributed by atoms with Crippen LogP contribution in [0.15, 0.2) is 18.2 Å². The molecule has 0 atom stereocenters. The van der Waals surface area contributed by atoms with Gasteiger partial charge in [-0.3, -0.25) is 0 Å². The summed E-state index contributed by atoms with van der Waals surface area (Å²) in [6.45, 7) is 1.62. The van der Waals surface area contributed by atoms with Gasteiger partial charge in [-0.2, -0.15) is 5.26 Å². The third-order valence-corrected chi connectivity index (χ3v) is 2.65. The van der Waals surface area contributed by atoms with Gasteiger partial charge in [-0.15, -0.1) is 12.3 Å². The van der Waals surface area contributed by atoms with Crippen molar-refractivity contribution in [1.82, 2.24) is 5.32 Å². The molecule has 0 aromatic heterocycles. The third kappa shape index (κ3) is 4.49. The summed E-state index contributed by atoms with van der Waals surface area (Å²) < 4.78 is 5.26. The van der Waals surface area contributed by atoms with E-state index in [4.69, 9.17) is 16.4 Å². The van der Waals surface area contributed by atoms with Crippen molar-refractivity contribution in [1.29, 1.82) is 5.26 Å². The Morgan fingerprint density at radius 1 is 1.39 bits per heavy atom. The molecule has 0 aliphatic carbocycles. The van der Waals surface area contributed by atoms with Crippen LogP contribution in [0.2, 0.25) is 0 Å². The minimum absolute atomic E-state index is 0.653. The molecular formula is C15H18N2O. The number of hydrogen-bond donors (Lipinski definition) is 1. The van der Waals surface area contributed by atoms with Gasteiger partial charge in [0.25, 0.3) is 0 Å². The predicted molar refractivity (Wildman–Crippen MR) is 72.1 cm³/mol. The van der Waals surface area contributed by atoms with Crippen LogP contribution in [0.5, 0.6) is 5.75 Å². The first-order valence-corrected chi connectivity index (χ1v) is 6.03. The van der Waals surface area contributed by atoms with Gasteiger partial charge in [-0.05, 0) is 37.6 Å². The first-order valence-electron chi connectivity index (χ1n) is 6.03. The topological polar surface area (TPSA) is 45.0 Å². The van der Waals surface area contributed by atoms with Crippen molar-refractivity contribution < 1.29 is 4.74 Å². The zero-order valence-electron chi connectivity index (χ0n) is 10.7. The molecule has 0 amide bonds. The second-order valence-electron chi connectivity index (χ2n) is 3.98. The zero-order chi connectivity index (χ0) is 13.2. The molecule has 0 unspecified atom stereocenters. The highest BCUT2D eigenvalue weighted by Crippen LogP contribution is 2.19. The van der Waals surface area contributed by atoms with Gasteiger partial charge in [0.1, 0.15) is 5.75 Å².